The zero-order chi connectivity index (χ0) is 12.8. The van der Waals surface area contributed by atoms with Gasteiger partial charge in [0.1, 0.15) is 6.61 Å². The molecule has 18 heavy (non-hydrogen) atoms. The quantitative estimate of drug-likeness (QED) is 0.803. The van der Waals surface area contributed by atoms with Crippen LogP contribution >= 0.6 is 11.8 Å². The molecule has 1 aromatic rings. The second-order valence-electron chi connectivity index (χ2n) is 4.34. The van der Waals surface area contributed by atoms with Crippen molar-refractivity contribution in [2.75, 3.05) is 31.4 Å². The normalized spacial score (nSPS) is 23.0. The molecule has 1 aliphatic heterocycles. The van der Waals surface area contributed by atoms with Gasteiger partial charge in [0.25, 0.3) is 0 Å². The molecule has 2 rings (SSSR count). The van der Waals surface area contributed by atoms with E-state index in [1.807, 2.05) is 30.1 Å². The van der Waals surface area contributed by atoms with Gasteiger partial charge in [-0.1, -0.05) is 6.92 Å². The Labute approximate surface area is 112 Å². The van der Waals surface area contributed by atoms with Gasteiger partial charge in [-0.05, 0) is 18.2 Å². The fraction of sp³-hybridized carbons (Fsp3) is 0.615. The van der Waals surface area contributed by atoms with Gasteiger partial charge in [0.2, 0.25) is 5.88 Å². The molecule has 5 heteroatoms. The number of nitrogens with zero attached hydrogens (tertiary/aromatic N) is 1. The standard InChI is InChI=1S/C13H20N2O2S/c1-10-12(5-8-18-10)15-11-3-4-13(14-9-11)17-7-6-16-2/h3-4,9-10,12,15H,5-8H2,1-2H3. The highest BCUT2D eigenvalue weighted by Gasteiger charge is 2.23. The Morgan fingerprint density at radius 3 is 2.94 bits per heavy atom. The number of thioether (sulfide) groups is 1. The van der Waals surface area contributed by atoms with E-state index in [1.165, 1.54) is 12.2 Å². The van der Waals surface area contributed by atoms with Gasteiger partial charge in [-0.3, -0.25) is 0 Å². The van der Waals surface area contributed by atoms with Crippen LogP contribution in [0.4, 0.5) is 5.69 Å². The van der Waals surface area contributed by atoms with Crippen LogP contribution in [0.1, 0.15) is 13.3 Å². The van der Waals surface area contributed by atoms with E-state index in [9.17, 15) is 0 Å². The Hall–Kier alpha value is -0.940. The Bertz CT molecular complexity index is 359. The van der Waals surface area contributed by atoms with Crippen LogP contribution in [0.15, 0.2) is 18.3 Å². The van der Waals surface area contributed by atoms with Crippen LogP contribution in [0.3, 0.4) is 0 Å². The molecule has 0 bridgehead atoms. The third-order valence-corrected chi connectivity index (χ3v) is 4.33. The highest BCUT2D eigenvalue weighted by atomic mass is 32.2. The average molecular weight is 268 g/mol. The molecule has 1 aromatic heterocycles. The van der Waals surface area contributed by atoms with Gasteiger partial charge < -0.3 is 14.8 Å². The number of hydrogen-bond acceptors (Lipinski definition) is 5. The summed E-state index contributed by atoms with van der Waals surface area (Å²) in [5, 5.41) is 4.19. The molecule has 2 heterocycles. The smallest absolute Gasteiger partial charge is 0.213 e. The summed E-state index contributed by atoms with van der Waals surface area (Å²) >= 11 is 2.02. The first-order valence-corrected chi connectivity index (χ1v) is 7.30. The summed E-state index contributed by atoms with van der Waals surface area (Å²) in [7, 11) is 1.66. The number of rotatable bonds is 6. The van der Waals surface area contributed by atoms with Crippen molar-refractivity contribution in [3.05, 3.63) is 18.3 Å². The second-order valence-corrected chi connectivity index (χ2v) is 5.83. The highest BCUT2D eigenvalue weighted by molar-refractivity contribution is 8.00. The zero-order valence-electron chi connectivity index (χ0n) is 10.9. The van der Waals surface area contributed by atoms with Crippen molar-refractivity contribution in [1.29, 1.82) is 0 Å². The van der Waals surface area contributed by atoms with Crippen LogP contribution in [0.25, 0.3) is 0 Å². The van der Waals surface area contributed by atoms with Crippen molar-refractivity contribution in [3.8, 4) is 5.88 Å². The van der Waals surface area contributed by atoms with Crippen LogP contribution in [-0.2, 0) is 4.74 Å². The third-order valence-electron chi connectivity index (χ3n) is 3.00. The number of hydrogen-bond donors (Lipinski definition) is 1. The molecule has 1 fully saturated rings. The molecule has 0 saturated carbocycles. The lowest BCUT2D eigenvalue weighted by Crippen LogP contribution is -2.24. The summed E-state index contributed by atoms with van der Waals surface area (Å²) in [4.78, 5) is 4.27. The van der Waals surface area contributed by atoms with Gasteiger partial charge in [0, 0.05) is 24.5 Å². The SMILES string of the molecule is COCCOc1ccc(NC2CCSC2C)cn1. The molecule has 0 amide bonds. The number of nitrogens with one attached hydrogen (secondary N) is 1. The summed E-state index contributed by atoms with van der Waals surface area (Å²) < 4.78 is 10.3. The molecule has 0 radical (unpaired) electrons. The Morgan fingerprint density at radius 2 is 2.33 bits per heavy atom. The van der Waals surface area contributed by atoms with E-state index >= 15 is 0 Å². The zero-order valence-corrected chi connectivity index (χ0v) is 11.7. The molecule has 1 saturated heterocycles. The van der Waals surface area contributed by atoms with E-state index in [2.05, 4.69) is 17.2 Å². The van der Waals surface area contributed by atoms with Gasteiger partial charge in [-0.25, -0.2) is 4.98 Å². The van der Waals surface area contributed by atoms with Crippen molar-refractivity contribution in [1.82, 2.24) is 4.98 Å². The number of ether oxygens (including phenoxy) is 2. The molecular formula is C13H20N2O2S. The van der Waals surface area contributed by atoms with Gasteiger partial charge in [0.05, 0.1) is 18.5 Å². The van der Waals surface area contributed by atoms with Crippen molar-refractivity contribution in [3.63, 3.8) is 0 Å². The molecule has 1 aliphatic rings. The minimum atomic E-state index is 0.534. The van der Waals surface area contributed by atoms with Gasteiger partial charge >= 0.3 is 0 Å². The predicted octanol–water partition coefficient (Wildman–Crippen LogP) is 2.41. The van der Waals surface area contributed by atoms with E-state index in [4.69, 9.17) is 9.47 Å². The van der Waals surface area contributed by atoms with Crippen LogP contribution < -0.4 is 10.1 Å². The summed E-state index contributed by atoms with van der Waals surface area (Å²) in [6.45, 7) is 3.38. The van der Waals surface area contributed by atoms with Crippen molar-refractivity contribution < 1.29 is 9.47 Å². The number of methoxy groups -OCH3 is 1. The fourth-order valence-corrected chi connectivity index (χ4v) is 3.11. The summed E-state index contributed by atoms with van der Waals surface area (Å²) in [5.41, 5.74) is 1.06. The Balaban J connectivity index is 1.83. The maximum absolute atomic E-state index is 5.42. The van der Waals surface area contributed by atoms with Crippen molar-refractivity contribution in [2.24, 2.45) is 0 Å². The van der Waals surface area contributed by atoms with Crippen molar-refractivity contribution >= 4 is 17.4 Å². The summed E-state index contributed by atoms with van der Waals surface area (Å²) in [5.74, 6) is 1.89. The second kappa shape index (κ2) is 6.85. The highest BCUT2D eigenvalue weighted by Crippen LogP contribution is 2.28. The summed E-state index contributed by atoms with van der Waals surface area (Å²) in [6.07, 6.45) is 3.05. The molecular weight excluding hydrogens is 248 g/mol. The number of anilines is 1. The van der Waals surface area contributed by atoms with E-state index in [0.29, 0.717) is 30.4 Å². The molecule has 1 N–H and O–H groups in total. The molecule has 2 atom stereocenters. The van der Waals surface area contributed by atoms with Gasteiger partial charge in [0.15, 0.2) is 0 Å². The largest absolute Gasteiger partial charge is 0.475 e. The van der Waals surface area contributed by atoms with Crippen LogP contribution in [0.5, 0.6) is 5.88 Å². The Morgan fingerprint density at radius 1 is 1.44 bits per heavy atom. The van der Waals surface area contributed by atoms with Crippen LogP contribution in [-0.4, -0.2) is 42.4 Å². The topological polar surface area (TPSA) is 43.4 Å². The molecule has 100 valence electrons. The van der Waals surface area contributed by atoms with Crippen molar-refractivity contribution in [2.45, 2.75) is 24.6 Å². The first kappa shape index (κ1) is 13.5. The molecule has 0 spiro atoms. The average Bonchev–Trinajstić information content (AvgIpc) is 2.78. The fourth-order valence-electron chi connectivity index (χ4n) is 1.92. The van der Waals surface area contributed by atoms with E-state index in [-0.39, 0.29) is 0 Å². The molecule has 0 aromatic carbocycles. The predicted molar refractivity (Wildman–Crippen MR) is 75.6 cm³/mol. The lowest BCUT2D eigenvalue weighted by Gasteiger charge is -2.17. The monoisotopic (exact) mass is 268 g/mol. The first-order valence-electron chi connectivity index (χ1n) is 6.25. The maximum atomic E-state index is 5.42. The molecule has 0 aliphatic carbocycles. The summed E-state index contributed by atoms with van der Waals surface area (Å²) in [6, 6.07) is 4.47. The lowest BCUT2D eigenvalue weighted by atomic mass is 10.1. The number of pyridine rings is 1. The lowest BCUT2D eigenvalue weighted by molar-refractivity contribution is 0.144. The van der Waals surface area contributed by atoms with Gasteiger partial charge in [-0.2, -0.15) is 11.8 Å². The van der Waals surface area contributed by atoms with E-state index in [1.54, 1.807) is 7.11 Å². The molecule has 4 nitrogen and oxygen atoms in total. The van der Waals surface area contributed by atoms with Crippen LogP contribution in [0.2, 0.25) is 0 Å². The minimum absolute atomic E-state index is 0.534. The number of aromatic nitrogens is 1. The minimum Gasteiger partial charge on any atom is -0.475 e. The van der Waals surface area contributed by atoms with Gasteiger partial charge in [-0.15, -0.1) is 0 Å². The third kappa shape index (κ3) is 3.78. The van der Waals surface area contributed by atoms with E-state index < -0.39 is 0 Å². The first-order chi connectivity index (χ1) is 8.79. The van der Waals surface area contributed by atoms with E-state index in [0.717, 1.165) is 5.69 Å². The Kier molecular flexibility index (Phi) is 5.13. The maximum Gasteiger partial charge on any atom is 0.213 e. The molecule has 2 unspecified atom stereocenters. The van der Waals surface area contributed by atoms with Crippen LogP contribution in [0, 0.1) is 0 Å².